The highest BCUT2D eigenvalue weighted by Crippen LogP contribution is 2.17. The van der Waals surface area contributed by atoms with E-state index in [0.29, 0.717) is 13.0 Å². The summed E-state index contributed by atoms with van der Waals surface area (Å²) in [6, 6.07) is 0. The van der Waals surface area contributed by atoms with Crippen molar-refractivity contribution < 1.29 is 14.7 Å². The molecule has 0 saturated carbocycles. The molecular formula is C10H17NO3. The summed E-state index contributed by atoms with van der Waals surface area (Å²) in [5.41, 5.74) is 0. The highest BCUT2D eigenvalue weighted by Gasteiger charge is 2.21. The van der Waals surface area contributed by atoms with E-state index in [0.717, 1.165) is 25.8 Å². The minimum absolute atomic E-state index is 0.0519. The molecular weight excluding hydrogens is 182 g/mol. The van der Waals surface area contributed by atoms with Crippen molar-refractivity contribution in [2.75, 3.05) is 13.1 Å². The summed E-state index contributed by atoms with van der Waals surface area (Å²) >= 11 is 0. The van der Waals surface area contributed by atoms with Gasteiger partial charge in [0.25, 0.3) is 0 Å². The number of rotatable bonds is 1. The van der Waals surface area contributed by atoms with Crippen LogP contribution in [0.15, 0.2) is 0 Å². The molecule has 4 heteroatoms. The van der Waals surface area contributed by atoms with Crippen LogP contribution in [0.4, 0.5) is 0 Å². The van der Waals surface area contributed by atoms with E-state index in [2.05, 4.69) is 0 Å². The Balaban J connectivity index is 2.50. The Morgan fingerprint density at radius 1 is 1.21 bits per heavy atom. The van der Waals surface area contributed by atoms with Gasteiger partial charge < -0.3 is 10.0 Å². The van der Waals surface area contributed by atoms with Crippen LogP contribution in [-0.4, -0.2) is 35.0 Å². The fraction of sp³-hybridized carbons (Fsp3) is 0.800. The zero-order chi connectivity index (χ0) is 10.6. The van der Waals surface area contributed by atoms with Crippen LogP contribution in [0.3, 0.4) is 0 Å². The monoisotopic (exact) mass is 199 g/mol. The standard InChI is InChI=1S/C10H17NO3/c1-8(12)11-6-3-2-4-9(5-7-11)10(13)14/h9H,2-7H2,1H3,(H,13,14). The topological polar surface area (TPSA) is 57.6 Å². The van der Waals surface area contributed by atoms with Gasteiger partial charge in [-0.2, -0.15) is 0 Å². The van der Waals surface area contributed by atoms with Crippen molar-refractivity contribution in [2.24, 2.45) is 5.92 Å². The molecule has 0 aromatic heterocycles. The maximum atomic E-state index is 11.1. The molecule has 1 saturated heterocycles. The van der Waals surface area contributed by atoms with Gasteiger partial charge in [0.1, 0.15) is 0 Å². The van der Waals surface area contributed by atoms with Crippen molar-refractivity contribution >= 4 is 11.9 Å². The molecule has 80 valence electrons. The van der Waals surface area contributed by atoms with Crippen LogP contribution in [-0.2, 0) is 9.59 Å². The van der Waals surface area contributed by atoms with Gasteiger partial charge in [0.2, 0.25) is 5.91 Å². The SMILES string of the molecule is CC(=O)N1CCCCC(C(=O)O)CC1. The zero-order valence-corrected chi connectivity index (χ0v) is 8.53. The summed E-state index contributed by atoms with van der Waals surface area (Å²) in [6.07, 6.45) is 3.17. The first kappa shape index (κ1) is 11.0. The van der Waals surface area contributed by atoms with E-state index in [1.807, 2.05) is 0 Å². The lowest BCUT2D eigenvalue weighted by Crippen LogP contribution is -2.34. The molecule has 1 heterocycles. The molecule has 4 nitrogen and oxygen atoms in total. The Labute approximate surface area is 83.9 Å². The molecule has 0 bridgehead atoms. The Kier molecular flexibility index (Phi) is 3.92. The van der Waals surface area contributed by atoms with E-state index >= 15 is 0 Å². The van der Waals surface area contributed by atoms with Gasteiger partial charge >= 0.3 is 5.97 Å². The molecule has 1 fully saturated rings. The van der Waals surface area contributed by atoms with Gasteiger partial charge in [0.05, 0.1) is 5.92 Å². The summed E-state index contributed by atoms with van der Waals surface area (Å²) in [4.78, 5) is 23.7. The summed E-state index contributed by atoms with van der Waals surface area (Å²) in [7, 11) is 0. The third kappa shape index (κ3) is 3.01. The third-order valence-electron chi connectivity index (χ3n) is 2.77. The van der Waals surface area contributed by atoms with Gasteiger partial charge in [-0.15, -0.1) is 0 Å². The highest BCUT2D eigenvalue weighted by molar-refractivity contribution is 5.73. The van der Waals surface area contributed by atoms with Gasteiger partial charge in [0, 0.05) is 20.0 Å². The molecule has 1 aliphatic rings. The second-order valence-electron chi connectivity index (χ2n) is 3.83. The molecule has 0 aromatic rings. The van der Waals surface area contributed by atoms with E-state index in [4.69, 9.17) is 5.11 Å². The Morgan fingerprint density at radius 2 is 1.93 bits per heavy atom. The first-order valence-corrected chi connectivity index (χ1v) is 5.09. The second-order valence-corrected chi connectivity index (χ2v) is 3.83. The number of carbonyl (C=O) groups excluding carboxylic acids is 1. The van der Waals surface area contributed by atoms with Crippen molar-refractivity contribution in [1.82, 2.24) is 4.90 Å². The number of carboxylic acid groups (broad SMARTS) is 1. The highest BCUT2D eigenvalue weighted by atomic mass is 16.4. The molecule has 0 spiro atoms. The first-order chi connectivity index (χ1) is 6.61. The van der Waals surface area contributed by atoms with Gasteiger partial charge in [-0.1, -0.05) is 6.42 Å². The van der Waals surface area contributed by atoms with Crippen LogP contribution >= 0.6 is 0 Å². The van der Waals surface area contributed by atoms with Crippen molar-refractivity contribution in [2.45, 2.75) is 32.6 Å². The molecule has 1 rings (SSSR count). The molecule has 0 aromatic carbocycles. The average Bonchev–Trinajstić information content (AvgIpc) is 2.01. The molecule has 1 amide bonds. The second kappa shape index (κ2) is 4.98. The number of amides is 1. The fourth-order valence-electron chi connectivity index (χ4n) is 1.82. The van der Waals surface area contributed by atoms with Crippen molar-refractivity contribution in [3.05, 3.63) is 0 Å². The van der Waals surface area contributed by atoms with E-state index < -0.39 is 5.97 Å². The zero-order valence-electron chi connectivity index (χ0n) is 8.53. The Hall–Kier alpha value is -1.06. The van der Waals surface area contributed by atoms with Crippen LogP contribution in [0.2, 0.25) is 0 Å². The van der Waals surface area contributed by atoms with E-state index in [-0.39, 0.29) is 11.8 Å². The van der Waals surface area contributed by atoms with Gasteiger partial charge in [-0.05, 0) is 19.3 Å². The molecule has 0 radical (unpaired) electrons. The minimum Gasteiger partial charge on any atom is -0.481 e. The van der Waals surface area contributed by atoms with Crippen LogP contribution < -0.4 is 0 Å². The quantitative estimate of drug-likeness (QED) is 0.688. The molecule has 1 N–H and O–H groups in total. The summed E-state index contributed by atoms with van der Waals surface area (Å²) in [6.45, 7) is 2.91. The fourth-order valence-corrected chi connectivity index (χ4v) is 1.82. The van der Waals surface area contributed by atoms with Crippen molar-refractivity contribution in [1.29, 1.82) is 0 Å². The summed E-state index contributed by atoms with van der Waals surface area (Å²) < 4.78 is 0. The number of likely N-dealkylation sites (tertiary alicyclic amines) is 1. The first-order valence-electron chi connectivity index (χ1n) is 5.09. The maximum Gasteiger partial charge on any atom is 0.306 e. The number of carbonyl (C=O) groups is 2. The maximum absolute atomic E-state index is 11.1. The molecule has 0 aliphatic carbocycles. The van der Waals surface area contributed by atoms with Crippen LogP contribution in [0.1, 0.15) is 32.6 Å². The normalized spacial score (nSPS) is 23.8. The number of nitrogens with zero attached hydrogens (tertiary/aromatic N) is 1. The van der Waals surface area contributed by atoms with Crippen LogP contribution in [0, 0.1) is 5.92 Å². The van der Waals surface area contributed by atoms with Crippen molar-refractivity contribution in [3.63, 3.8) is 0 Å². The number of hydrogen-bond donors (Lipinski definition) is 1. The predicted octanol–water partition coefficient (Wildman–Crippen LogP) is 1.11. The minimum atomic E-state index is -0.726. The third-order valence-corrected chi connectivity index (χ3v) is 2.77. The van der Waals surface area contributed by atoms with E-state index in [9.17, 15) is 9.59 Å². The number of aliphatic carboxylic acids is 1. The lowest BCUT2D eigenvalue weighted by atomic mass is 9.96. The molecule has 14 heavy (non-hydrogen) atoms. The average molecular weight is 199 g/mol. The van der Waals surface area contributed by atoms with Gasteiger partial charge in [-0.3, -0.25) is 9.59 Å². The van der Waals surface area contributed by atoms with Crippen molar-refractivity contribution in [3.8, 4) is 0 Å². The largest absolute Gasteiger partial charge is 0.481 e. The Bertz CT molecular complexity index is 203. The predicted molar refractivity (Wildman–Crippen MR) is 51.8 cm³/mol. The lowest BCUT2D eigenvalue weighted by Gasteiger charge is -2.25. The molecule has 1 atom stereocenters. The van der Waals surface area contributed by atoms with Crippen LogP contribution in [0.25, 0.3) is 0 Å². The van der Waals surface area contributed by atoms with E-state index in [1.54, 1.807) is 4.90 Å². The van der Waals surface area contributed by atoms with Gasteiger partial charge in [0.15, 0.2) is 0 Å². The van der Waals surface area contributed by atoms with Gasteiger partial charge in [-0.25, -0.2) is 0 Å². The number of carboxylic acids is 1. The molecule has 1 aliphatic heterocycles. The number of hydrogen-bond acceptors (Lipinski definition) is 2. The summed E-state index contributed by atoms with van der Waals surface area (Å²) in [5.74, 6) is -0.941. The summed E-state index contributed by atoms with van der Waals surface area (Å²) in [5, 5.41) is 8.88. The smallest absolute Gasteiger partial charge is 0.306 e. The Morgan fingerprint density at radius 3 is 2.50 bits per heavy atom. The molecule has 1 unspecified atom stereocenters. The lowest BCUT2D eigenvalue weighted by molar-refractivity contribution is -0.143. The van der Waals surface area contributed by atoms with Crippen LogP contribution in [0.5, 0.6) is 0 Å². The van der Waals surface area contributed by atoms with E-state index in [1.165, 1.54) is 6.92 Å².